The van der Waals surface area contributed by atoms with E-state index in [0.717, 1.165) is 56.8 Å². The molecule has 0 spiro atoms. The third kappa shape index (κ3) is 6.17. The van der Waals surface area contributed by atoms with E-state index in [1.807, 2.05) is 6.07 Å². The second kappa shape index (κ2) is 13.2. The second-order valence-corrected chi connectivity index (χ2v) is 12.9. The highest BCUT2D eigenvalue weighted by Crippen LogP contribution is 2.39. The van der Waals surface area contributed by atoms with E-state index < -0.39 is 0 Å². The molecular formula is C47H36N2. The molecule has 6 aromatic carbocycles. The second-order valence-electron chi connectivity index (χ2n) is 12.9. The number of hydrogen-bond acceptors (Lipinski definition) is 2. The normalized spacial score (nSPS) is 15.3. The Morgan fingerprint density at radius 1 is 0.429 bits per heavy atom. The van der Waals surface area contributed by atoms with Crippen LogP contribution in [0.2, 0.25) is 0 Å². The molecule has 8 rings (SSSR count). The average Bonchev–Trinajstić information content (AvgIpc) is 3.19. The summed E-state index contributed by atoms with van der Waals surface area (Å²) in [6.07, 6.45) is 9.83. The Kier molecular flexibility index (Phi) is 8.13. The lowest BCUT2D eigenvalue weighted by Gasteiger charge is -2.27. The van der Waals surface area contributed by atoms with E-state index in [1.165, 1.54) is 16.7 Å². The zero-order valence-electron chi connectivity index (χ0n) is 27.5. The maximum absolute atomic E-state index is 5.35. The molecule has 0 saturated heterocycles. The minimum atomic E-state index is -0.0435. The van der Waals surface area contributed by atoms with Gasteiger partial charge in [-0.3, -0.25) is 0 Å². The molecule has 2 nitrogen and oxygen atoms in total. The van der Waals surface area contributed by atoms with E-state index in [2.05, 4.69) is 189 Å². The molecule has 1 unspecified atom stereocenters. The summed E-state index contributed by atoms with van der Waals surface area (Å²) in [6.45, 7) is 2.31. The average molecular weight is 629 g/mol. The summed E-state index contributed by atoms with van der Waals surface area (Å²) in [6, 6.07) is 57.9. The first-order valence-corrected chi connectivity index (χ1v) is 16.9. The summed E-state index contributed by atoms with van der Waals surface area (Å²) < 4.78 is 0. The Morgan fingerprint density at radius 3 is 1.69 bits per heavy atom. The lowest BCUT2D eigenvalue weighted by Crippen LogP contribution is -2.19. The van der Waals surface area contributed by atoms with Crippen molar-refractivity contribution in [1.29, 1.82) is 0 Å². The summed E-state index contributed by atoms with van der Waals surface area (Å²) in [5.74, 6) is 0.705. The summed E-state index contributed by atoms with van der Waals surface area (Å²) in [4.78, 5) is 10.6. The summed E-state index contributed by atoms with van der Waals surface area (Å²) in [5, 5.41) is 0. The predicted molar refractivity (Wildman–Crippen MR) is 205 cm³/mol. The van der Waals surface area contributed by atoms with Crippen LogP contribution < -0.4 is 0 Å². The molecule has 0 amide bonds. The Bertz CT molecular complexity index is 2320. The van der Waals surface area contributed by atoms with Crippen molar-refractivity contribution >= 4 is 0 Å². The molecule has 7 aromatic rings. The fraction of sp³-hybridized carbons (Fsp3) is 0.0638. The van der Waals surface area contributed by atoms with Gasteiger partial charge in [0.15, 0.2) is 5.82 Å². The molecule has 1 heterocycles. The van der Waals surface area contributed by atoms with Crippen LogP contribution in [-0.4, -0.2) is 9.97 Å². The molecule has 0 aliphatic heterocycles. The molecule has 1 aromatic heterocycles. The molecule has 1 aliphatic carbocycles. The molecular weight excluding hydrogens is 593 g/mol. The van der Waals surface area contributed by atoms with Crippen LogP contribution in [0.5, 0.6) is 0 Å². The van der Waals surface area contributed by atoms with Crippen molar-refractivity contribution in [3.05, 3.63) is 194 Å². The van der Waals surface area contributed by atoms with Gasteiger partial charge in [0.25, 0.3) is 0 Å². The van der Waals surface area contributed by atoms with Gasteiger partial charge in [0.2, 0.25) is 0 Å². The Morgan fingerprint density at radius 2 is 0.980 bits per heavy atom. The van der Waals surface area contributed by atoms with Crippen molar-refractivity contribution in [2.45, 2.75) is 18.8 Å². The van der Waals surface area contributed by atoms with Crippen molar-refractivity contribution < 1.29 is 0 Å². The largest absolute Gasteiger partial charge is 0.228 e. The van der Waals surface area contributed by atoms with Crippen LogP contribution in [0.15, 0.2) is 188 Å². The molecule has 0 fully saturated rings. The third-order valence-corrected chi connectivity index (χ3v) is 9.53. The first-order chi connectivity index (χ1) is 24.1. The molecule has 1 aliphatic rings. The fourth-order valence-corrected chi connectivity index (χ4v) is 6.83. The number of nitrogens with zero attached hydrogens (tertiary/aromatic N) is 2. The fourth-order valence-electron chi connectivity index (χ4n) is 6.83. The predicted octanol–water partition coefficient (Wildman–Crippen LogP) is 12.3. The van der Waals surface area contributed by atoms with Crippen molar-refractivity contribution in [2.24, 2.45) is 0 Å². The molecule has 0 saturated carbocycles. The van der Waals surface area contributed by atoms with E-state index in [9.17, 15) is 0 Å². The van der Waals surface area contributed by atoms with Crippen LogP contribution in [0.25, 0.3) is 67.3 Å². The molecule has 1 atom stereocenters. The molecule has 2 heteroatoms. The molecule has 234 valence electrons. The number of hydrogen-bond donors (Lipinski definition) is 0. The zero-order valence-corrected chi connectivity index (χ0v) is 27.5. The van der Waals surface area contributed by atoms with Crippen LogP contribution >= 0.6 is 0 Å². The minimum Gasteiger partial charge on any atom is -0.228 e. The monoisotopic (exact) mass is 628 g/mol. The Labute approximate surface area is 288 Å². The first kappa shape index (κ1) is 30.2. The van der Waals surface area contributed by atoms with Crippen LogP contribution in [0.1, 0.15) is 18.9 Å². The van der Waals surface area contributed by atoms with Gasteiger partial charge < -0.3 is 0 Å². The van der Waals surface area contributed by atoms with Crippen molar-refractivity contribution in [1.82, 2.24) is 9.97 Å². The quantitative estimate of drug-likeness (QED) is 0.175. The van der Waals surface area contributed by atoms with Crippen molar-refractivity contribution in [3.8, 4) is 67.3 Å². The Hall–Kier alpha value is -6.12. The van der Waals surface area contributed by atoms with Gasteiger partial charge in [-0.05, 0) is 57.5 Å². The van der Waals surface area contributed by atoms with Gasteiger partial charge in [0.05, 0.1) is 11.4 Å². The van der Waals surface area contributed by atoms with Crippen molar-refractivity contribution in [3.63, 3.8) is 0 Å². The lowest BCUT2D eigenvalue weighted by molar-refractivity contribution is 0.600. The topological polar surface area (TPSA) is 25.8 Å². The summed E-state index contributed by atoms with van der Waals surface area (Å²) in [7, 11) is 0. The van der Waals surface area contributed by atoms with Gasteiger partial charge in [-0.25, -0.2) is 9.97 Å². The van der Waals surface area contributed by atoms with Gasteiger partial charge in [-0.1, -0.05) is 183 Å². The highest BCUT2D eigenvalue weighted by atomic mass is 14.9. The Balaban J connectivity index is 1.28. The maximum Gasteiger partial charge on any atom is 0.161 e. The van der Waals surface area contributed by atoms with E-state index in [4.69, 9.17) is 9.97 Å². The number of allylic oxidation sites excluding steroid dienone is 4. The molecule has 49 heavy (non-hydrogen) atoms. The summed E-state index contributed by atoms with van der Waals surface area (Å²) >= 11 is 0. The van der Waals surface area contributed by atoms with Crippen LogP contribution in [0.3, 0.4) is 0 Å². The molecule has 0 bridgehead atoms. The van der Waals surface area contributed by atoms with E-state index in [-0.39, 0.29) is 5.41 Å². The highest BCUT2D eigenvalue weighted by molar-refractivity contribution is 5.87. The lowest BCUT2D eigenvalue weighted by atomic mass is 9.76. The smallest absolute Gasteiger partial charge is 0.161 e. The highest BCUT2D eigenvalue weighted by Gasteiger charge is 2.24. The van der Waals surface area contributed by atoms with E-state index >= 15 is 0 Å². The zero-order chi connectivity index (χ0) is 33.0. The van der Waals surface area contributed by atoms with Gasteiger partial charge in [0, 0.05) is 22.1 Å². The standard InChI is InChI=1S/C47H36N2/c1-47(29-13-4-14-30-47)39-24-16-23-38(32-39)41-26-10-12-28-43(41)46-48-44(35-19-7-3-8-20-35)33-45(49-46)42-27-11-9-25-40(42)37-22-15-21-36(31-37)34-17-5-2-6-18-34/h2-29,31-33H,30H2,1H3. The number of aromatic nitrogens is 2. The molecule has 0 radical (unpaired) electrons. The van der Waals surface area contributed by atoms with Gasteiger partial charge in [0.1, 0.15) is 0 Å². The third-order valence-electron chi connectivity index (χ3n) is 9.53. The maximum atomic E-state index is 5.35. The SMILES string of the molecule is CC1(c2cccc(-c3ccccc3-c3nc(-c4ccccc4)cc(-c4ccccc4-c4cccc(-c5ccccc5)c4)n3)c2)C=CC=CC1. The summed E-state index contributed by atoms with van der Waals surface area (Å²) in [5.41, 5.74) is 13.1. The molecule has 0 N–H and O–H groups in total. The van der Waals surface area contributed by atoms with Crippen LogP contribution in [-0.2, 0) is 5.41 Å². The van der Waals surface area contributed by atoms with Crippen LogP contribution in [0.4, 0.5) is 0 Å². The minimum absolute atomic E-state index is 0.0435. The number of benzene rings is 6. The van der Waals surface area contributed by atoms with Crippen LogP contribution in [0, 0.1) is 0 Å². The van der Waals surface area contributed by atoms with E-state index in [0.29, 0.717) is 5.82 Å². The van der Waals surface area contributed by atoms with E-state index in [1.54, 1.807) is 0 Å². The van der Waals surface area contributed by atoms with Gasteiger partial charge >= 0.3 is 0 Å². The number of rotatable bonds is 7. The van der Waals surface area contributed by atoms with Crippen molar-refractivity contribution in [2.75, 3.05) is 0 Å². The van der Waals surface area contributed by atoms with Gasteiger partial charge in [-0.15, -0.1) is 0 Å². The first-order valence-electron chi connectivity index (χ1n) is 16.9. The van der Waals surface area contributed by atoms with Gasteiger partial charge in [-0.2, -0.15) is 0 Å².